The first-order chi connectivity index (χ1) is 7.99. The Labute approximate surface area is 112 Å². The molecule has 1 N–H and O–H groups in total. The molecule has 0 fully saturated rings. The van der Waals surface area contributed by atoms with Crippen LogP contribution in [0.5, 0.6) is 11.5 Å². The quantitative estimate of drug-likeness (QED) is 0.905. The van der Waals surface area contributed by atoms with Crippen molar-refractivity contribution in [3.8, 4) is 11.5 Å². The van der Waals surface area contributed by atoms with E-state index in [0.29, 0.717) is 16.3 Å². The third kappa shape index (κ3) is 3.61. The average molecular weight is 302 g/mol. The van der Waals surface area contributed by atoms with Crippen LogP contribution in [0.15, 0.2) is 16.6 Å². The summed E-state index contributed by atoms with van der Waals surface area (Å²) in [5, 5.41) is 9.74. The maximum absolute atomic E-state index is 9.74. The Hall–Kier alpha value is -0.740. The van der Waals surface area contributed by atoms with Gasteiger partial charge in [0.2, 0.25) is 0 Å². The summed E-state index contributed by atoms with van der Waals surface area (Å²) in [6, 6.07) is 4.31. The number of nitrogens with zero attached hydrogens (tertiary/aromatic N) is 1. The van der Waals surface area contributed by atoms with Crippen molar-refractivity contribution in [1.29, 1.82) is 0 Å². The third-order valence-corrected chi connectivity index (χ3v) is 3.43. The van der Waals surface area contributed by atoms with Gasteiger partial charge in [-0.3, -0.25) is 4.90 Å². The Morgan fingerprint density at radius 3 is 2.53 bits per heavy atom. The van der Waals surface area contributed by atoms with E-state index in [2.05, 4.69) is 41.6 Å². The van der Waals surface area contributed by atoms with E-state index in [4.69, 9.17) is 4.74 Å². The van der Waals surface area contributed by atoms with E-state index in [9.17, 15) is 5.11 Å². The first kappa shape index (κ1) is 14.3. The van der Waals surface area contributed by atoms with Crippen LogP contribution in [0, 0.1) is 0 Å². The van der Waals surface area contributed by atoms with Crippen molar-refractivity contribution in [1.82, 2.24) is 4.90 Å². The molecule has 0 aliphatic carbocycles. The second-order valence-electron chi connectivity index (χ2n) is 4.29. The van der Waals surface area contributed by atoms with Crippen molar-refractivity contribution >= 4 is 15.9 Å². The van der Waals surface area contributed by atoms with Gasteiger partial charge in [0.1, 0.15) is 0 Å². The molecule has 1 aromatic rings. The summed E-state index contributed by atoms with van der Waals surface area (Å²) in [6.07, 6.45) is 0. The topological polar surface area (TPSA) is 32.7 Å². The summed E-state index contributed by atoms with van der Waals surface area (Å²) < 4.78 is 5.82. The molecule has 0 aliphatic heterocycles. The Kier molecular flexibility index (Phi) is 5.28. The first-order valence-corrected chi connectivity index (χ1v) is 6.58. The lowest BCUT2D eigenvalue weighted by Crippen LogP contribution is -2.29. The summed E-state index contributed by atoms with van der Waals surface area (Å²) in [7, 11) is 1.56. The fourth-order valence-electron chi connectivity index (χ4n) is 1.77. The predicted molar refractivity (Wildman–Crippen MR) is 73.6 cm³/mol. The summed E-state index contributed by atoms with van der Waals surface area (Å²) in [5.41, 5.74) is 1.13. The number of methoxy groups -OCH3 is 1. The van der Waals surface area contributed by atoms with Gasteiger partial charge in [0, 0.05) is 12.6 Å². The highest BCUT2D eigenvalue weighted by molar-refractivity contribution is 9.10. The molecule has 1 rings (SSSR count). The Bertz CT molecular complexity index is 380. The number of benzene rings is 1. The smallest absolute Gasteiger partial charge is 0.172 e. The summed E-state index contributed by atoms with van der Waals surface area (Å²) >= 11 is 3.34. The van der Waals surface area contributed by atoms with Gasteiger partial charge < -0.3 is 9.84 Å². The number of aromatic hydroxyl groups is 1. The van der Waals surface area contributed by atoms with Gasteiger partial charge in [-0.25, -0.2) is 0 Å². The molecule has 0 amide bonds. The molecule has 0 bridgehead atoms. The van der Waals surface area contributed by atoms with Crippen LogP contribution in [0.25, 0.3) is 0 Å². The molecular weight excluding hydrogens is 282 g/mol. The summed E-state index contributed by atoms with van der Waals surface area (Å²) in [5.74, 6) is 0.665. The zero-order valence-corrected chi connectivity index (χ0v) is 12.4. The van der Waals surface area contributed by atoms with Crippen LogP contribution in [0.4, 0.5) is 0 Å². The molecule has 0 aliphatic rings. The molecule has 0 spiro atoms. The normalized spacial score (nSPS) is 11.2. The van der Waals surface area contributed by atoms with Gasteiger partial charge in [-0.1, -0.05) is 6.92 Å². The van der Waals surface area contributed by atoms with E-state index in [-0.39, 0.29) is 5.75 Å². The highest BCUT2D eigenvalue weighted by atomic mass is 79.9. The van der Waals surface area contributed by atoms with Gasteiger partial charge >= 0.3 is 0 Å². The van der Waals surface area contributed by atoms with Crippen molar-refractivity contribution in [2.45, 2.75) is 33.4 Å². The lowest BCUT2D eigenvalue weighted by Gasteiger charge is -2.25. The molecule has 0 radical (unpaired) electrons. The van der Waals surface area contributed by atoms with Crippen molar-refractivity contribution in [2.75, 3.05) is 13.7 Å². The Balaban J connectivity index is 2.95. The number of phenolic OH excluding ortho intramolecular Hbond substituents is 1. The number of hydrogen-bond donors (Lipinski definition) is 1. The lowest BCUT2D eigenvalue weighted by molar-refractivity contribution is 0.224. The van der Waals surface area contributed by atoms with Crippen LogP contribution in [0.3, 0.4) is 0 Å². The van der Waals surface area contributed by atoms with Crippen LogP contribution < -0.4 is 4.74 Å². The number of hydrogen-bond acceptors (Lipinski definition) is 3. The zero-order chi connectivity index (χ0) is 13.0. The van der Waals surface area contributed by atoms with Crippen molar-refractivity contribution in [2.24, 2.45) is 0 Å². The standard InChI is InChI=1S/C13H20BrNO2/c1-5-15(9(2)3)8-10-6-11(14)13(16)12(7-10)17-4/h6-7,9,16H,5,8H2,1-4H3. The summed E-state index contributed by atoms with van der Waals surface area (Å²) in [6.45, 7) is 8.35. The van der Waals surface area contributed by atoms with Crippen molar-refractivity contribution in [3.05, 3.63) is 22.2 Å². The molecular formula is C13H20BrNO2. The molecule has 96 valence electrons. The van der Waals surface area contributed by atoms with E-state index in [1.54, 1.807) is 7.11 Å². The molecule has 0 heterocycles. The van der Waals surface area contributed by atoms with Gasteiger partial charge in [0.25, 0.3) is 0 Å². The molecule has 0 unspecified atom stereocenters. The average Bonchev–Trinajstić information content (AvgIpc) is 2.29. The SMILES string of the molecule is CCN(Cc1cc(Br)c(O)c(OC)c1)C(C)C. The third-order valence-electron chi connectivity index (χ3n) is 2.83. The molecule has 1 aromatic carbocycles. The van der Waals surface area contributed by atoms with Gasteiger partial charge in [-0.15, -0.1) is 0 Å². The second-order valence-corrected chi connectivity index (χ2v) is 5.14. The minimum absolute atomic E-state index is 0.156. The van der Waals surface area contributed by atoms with Gasteiger partial charge in [-0.2, -0.15) is 0 Å². The monoisotopic (exact) mass is 301 g/mol. The molecule has 17 heavy (non-hydrogen) atoms. The highest BCUT2D eigenvalue weighted by Crippen LogP contribution is 2.35. The number of ether oxygens (including phenoxy) is 1. The molecule has 0 atom stereocenters. The highest BCUT2D eigenvalue weighted by Gasteiger charge is 2.12. The van der Waals surface area contributed by atoms with E-state index in [0.717, 1.165) is 18.7 Å². The Morgan fingerprint density at radius 1 is 1.41 bits per heavy atom. The fourth-order valence-corrected chi connectivity index (χ4v) is 2.26. The molecule has 4 heteroatoms. The minimum atomic E-state index is 0.156. The van der Waals surface area contributed by atoms with Crippen LogP contribution >= 0.6 is 15.9 Å². The zero-order valence-electron chi connectivity index (χ0n) is 10.8. The van der Waals surface area contributed by atoms with E-state index in [1.807, 2.05) is 12.1 Å². The first-order valence-electron chi connectivity index (χ1n) is 5.79. The fraction of sp³-hybridized carbons (Fsp3) is 0.538. The van der Waals surface area contributed by atoms with E-state index >= 15 is 0 Å². The molecule has 3 nitrogen and oxygen atoms in total. The minimum Gasteiger partial charge on any atom is -0.503 e. The van der Waals surface area contributed by atoms with Crippen LogP contribution in [0.2, 0.25) is 0 Å². The van der Waals surface area contributed by atoms with E-state index < -0.39 is 0 Å². The van der Waals surface area contributed by atoms with Gasteiger partial charge in [0.15, 0.2) is 11.5 Å². The predicted octanol–water partition coefficient (Wildman–Crippen LogP) is 3.39. The molecule has 0 saturated heterocycles. The maximum atomic E-state index is 9.74. The molecule has 0 aromatic heterocycles. The number of halogens is 1. The maximum Gasteiger partial charge on any atom is 0.172 e. The largest absolute Gasteiger partial charge is 0.503 e. The van der Waals surface area contributed by atoms with Crippen LogP contribution in [-0.2, 0) is 6.54 Å². The van der Waals surface area contributed by atoms with Gasteiger partial charge in [0.05, 0.1) is 11.6 Å². The number of rotatable bonds is 5. The van der Waals surface area contributed by atoms with E-state index in [1.165, 1.54) is 0 Å². The second kappa shape index (κ2) is 6.26. The summed E-state index contributed by atoms with van der Waals surface area (Å²) in [4.78, 5) is 2.35. The van der Waals surface area contributed by atoms with Crippen LogP contribution in [0.1, 0.15) is 26.3 Å². The molecule has 0 saturated carbocycles. The number of phenols is 1. The van der Waals surface area contributed by atoms with Gasteiger partial charge in [-0.05, 0) is 54.0 Å². The van der Waals surface area contributed by atoms with Crippen LogP contribution in [-0.4, -0.2) is 29.7 Å². The van der Waals surface area contributed by atoms with Crippen molar-refractivity contribution in [3.63, 3.8) is 0 Å². The Morgan fingerprint density at radius 2 is 2.06 bits per heavy atom. The van der Waals surface area contributed by atoms with Crippen molar-refractivity contribution < 1.29 is 9.84 Å². The lowest BCUT2D eigenvalue weighted by atomic mass is 10.1.